The lowest BCUT2D eigenvalue weighted by Gasteiger charge is -2.32. The Labute approximate surface area is 145 Å². The number of rotatable bonds is 4. The Morgan fingerprint density at radius 1 is 1.21 bits per heavy atom. The first kappa shape index (κ1) is 16.0. The summed E-state index contributed by atoms with van der Waals surface area (Å²) in [6.07, 6.45) is 5.01. The zero-order valence-electron chi connectivity index (χ0n) is 14.1. The van der Waals surface area contributed by atoms with Gasteiger partial charge in [0.25, 0.3) is 0 Å². The van der Waals surface area contributed by atoms with Crippen LogP contribution in [0.2, 0.25) is 0 Å². The normalized spacial score (nSPS) is 22.6. The number of aromatic nitrogens is 4. The summed E-state index contributed by atoms with van der Waals surface area (Å²) in [5.41, 5.74) is 0. The van der Waals surface area contributed by atoms with Crippen molar-refractivity contribution in [3.05, 3.63) is 17.6 Å². The maximum Gasteiger partial charge on any atom is 0.241 e. The van der Waals surface area contributed by atoms with Crippen molar-refractivity contribution in [2.45, 2.75) is 57.4 Å². The predicted molar refractivity (Wildman–Crippen MR) is 90.4 cm³/mol. The van der Waals surface area contributed by atoms with E-state index in [4.69, 9.17) is 14.1 Å². The third-order valence-electron chi connectivity index (χ3n) is 4.76. The molecule has 2 aromatic rings. The van der Waals surface area contributed by atoms with E-state index in [2.05, 4.69) is 19.5 Å². The summed E-state index contributed by atoms with van der Waals surface area (Å²) in [7, 11) is 0. The number of ether oxygens (including phenoxy) is 1. The molecule has 1 unspecified atom stereocenters. The highest BCUT2D eigenvalue weighted by Crippen LogP contribution is 2.36. The Kier molecular flexibility index (Phi) is 4.49. The SMILES string of the molecule is CC(C)c1nnc(C2COCCN2c2nc(C3CCCC3)ns2)o1. The van der Waals surface area contributed by atoms with Crippen molar-refractivity contribution in [2.24, 2.45) is 0 Å². The Balaban J connectivity index is 1.57. The van der Waals surface area contributed by atoms with Crippen molar-refractivity contribution in [3.63, 3.8) is 0 Å². The minimum absolute atomic E-state index is 0.0804. The predicted octanol–water partition coefficient (Wildman–Crippen LogP) is 3.28. The summed E-state index contributed by atoms with van der Waals surface area (Å²) in [6.45, 7) is 6.08. The van der Waals surface area contributed by atoms with Crippen molar-refractivity contribution >= 4 is 16.7 Å². The second kappa shape index (κ2) is 6.76. The Morgan fingerprint density at radius 3 is 2.79 bits per heavy atom. The molecule has 1 atom stereocenters. The van der Waals surface area contributed by atoms with E-state index in [1.165, 1.54) is 37.2 Å². The third-order valence-corrected chi connectivity index (χ3v) is 5.53. The standard InChI is InChI=1S/C16H23N5O2S/c1-10(2)14-18-19-15(23-14)12-9-22-8-7-21(12)16-17-13(20-24-16)11-5-3-4-6-11/h10-12H,3-9H2,1-2H3. The van der Waals surface area contributed by atoms with Gasteiger partial charge in [-0.15, -0.1) is 10.2 Å². The Morgan fingerprint density at radius 2 is 2.04 bits per heavy atom. The van der Waals surface area contributed by atoms with Gasteiger partial charge in [-0.05, 0) is 12.8 Å². The zero-order valence-corrected chi connectivity index (χ0v) is 15.0. The molecule has 3 heterocycles. The fourth-order valence-electron chi connectivity index (χ4n) is 3.34. The molecule has 1 aliphatic carbocycles. The molecule has 1 aliphatic heterocycles. The molecule has 1 saturated heterocycles. The topological polar surface area (TPSA) is 77.2 Å². The number of nitrogens with zero attached hydrogens (tertiary/aromatic N) is 5. The first-order valence-corrected chi connectivity index (χ1v) is 9.51. The molecule has 0 spiro atoms. The number of anilines is 1. The highest BCUT2D eigenvalue weighted by atomic mass is 32.1. The van der Waals surface area contributed by atoms with Gasteiger partial charge in [0.05, 0.1) is 13.2 Å². The second-order valence-corrected chi connectivity index (χ2v) is 7.56. The van der Waals surface area contributed by atoms with Gasteiger partial charge >= 0.3 is 0 Å². The molecule has 0 amide bonds. The van der Waals surface area contributed by atoms with Crippen LogP contribution in [0.1, 0.15) is 75.0 Å². The first-order valence-electron chi connectivity index (χ1n) is 8.73. The van der Waals surface area contributed by atoms with Crippen LogP contribution in [0.3, 0.4) is 0 Å². The van der Waals surface area contributed by atoms with Gasteiger partial charge in [0, 0.05) is 29.9 Å². The summed E-state index contributed by atoms with van der Waals surface area (Å²) < 4.78 is 16.1. The largest absolute Gasteiger partial charge is 0.423 e. The minimum atomic E-state index is -0.0804. The highest BCUT2D eigenvalue weighted by molar-refractivity contribution is 7.09. The van der Waals surface area contributed by atoms with Crippen molar-refractivity contribution in [1.29, 1.82) is 0 Å². The second-order valence-electron chi connectivity index (χ2n) is 6.83. The van der Waals surface area contributed by atoms with Crippen LogP contribution < -0.4 is 4.90 Å². The van der Waals surface area contributed by atoms with Gasteiger partial charge in [0.1, 0.15) is 11.9 Å². The van der Waals surface area contributed by atoms with Gasteiger partial charge in [0.2, 0.25) is 16.9 Å². The van der Waals surface area contributed by atoms with Crippen LogP contribution in [-0.2, 0) is 4.74 Å². The zero-order chi connectivity index (χ0) is 16.5. The molecule has 8 heteroatoms. The van der Waals surface area contributed by atoms with E-state index in [0.29, 0.717) is 30.9 Å². The summed E-state index contributed by atoms with van der Waals surface area (Å²) in [5.74, 6) is 3.03. The maximum atomic E-state index is 5.86. The van der Waals surface area contributed by atoms with Crippen LogP contribution in [0.4, 0.5) is 5.13 Å². The summed E-state index contributed by atoms with van der Waals surface area (Å²) in [5, 5.41) is 9.33. The van der Waals surface area contributed by atoms with E-state index in [-0.39, 0.29) is 12.0 Å². The van der Waals surface area contributed by atoms with E-state index in [0.717, 1.165) is 17.5 Å². The molecular formula is C16H23N5O2S. The minimum Gasteiger partial charge on any atom is -0.423 e. The number of hydrogen-bond acceptors (Lipinski definition) is 8. The molecule has 0 aromatic carbocycles. The average molecular weight is 349 g/mol. The smallest absolute Gasteiger partial charge is 0.241 e. The molecule has 2 aromatic heterocycles. The molecule has 0 N–H and O–H groups in total. The lowest BCUT2D eigenvalue weighted by Crippen LogP contribution is -2.39. The van der Waals surface area contributed by atoms with Crippen LogP contribution >= 0.6 is 11.5 Å². The summed E-state index contributed by atoms with van der Waals surface area (Å²) in [4.78, 5) is 7.03. The molecule has 7 nitrogen and oxygen atoms in total. The van der Waals surface area contributed by atoms with Gasteiger partial charge in [-0.25, -0.2) is 4.98 Å². The van der Waals surface area contributed by atoms with Crippen LogP contribution in [0, 0.1) is 0 Å². The quantitative estimate of drug-likeness (QED) is 0.838. The lowest BCUT2D eigenvalue weighted by molar-refractivity contribution is 0.0855. The molecule has 2 fully saturated rings. The van der Waals surface area contributed by atoms with Crippen molar-refractivity contribution in [2.75, 3.05) is 24.7 Å². The highest BCUT2D eigenvalue weighted by Gasteiger charge is 2.32. The molecule has 0 bridgehead atoms. The van der Waals surface area contributed by atoms with Gasteiger partial charge in [0.15, 0.2) is 0 Å². The fraction of sp³-hybridized carbons (Fsp3) is 0.750. The molecule has 1 saturated carbocycles. The molecular weight excluding hydrogens is 326 g/mol. The van der Waals surface area contributed by atoms with Crippen molar-refractivity contribution < 1.29 is 9.15 Å². The first-order chi connectivity index (χ1) is 11.7. The number of hydrogen-bond donors (Lipinski definition) is 0. The van der Waals surface area contributed by atoms with Gasteiger partial charge in [-0.2, -0.15) is 4.37 Å². The van der Waals surface area contributed by atoms with Crippen molar-refractivity contribution in [1.82, 2.24) is 19.6 Å². The van der Waals surface area contributed by atoms with E-state index in [1.807, 2.05) is 13.8 Å². The molecule has 0 radical (unpaired) electrons. The van der Waals surface area contributed by atoms with E-state index in [9.17, 15) is 0 Å². The third kappa shape index (κ3) is 3.04. The van der Waals surface area contributed by atoms with E-state index < -0.39 is 0 Å². The molecule has 4 rings (SSSR count). The molecule has 2 aliphatic rings. The fourth-order valence-corrected chi connectivity index (χ4v) is 4.17. The van der Waals surface area contributed by atoms with Gasteiger partial charge < -0.3 is 14.1 Å². The van der Waals surface area contributed by atoms with Crippen LogP contribution in [0.15, 0.2) is 4.42 Å². The van der Waals surface area contributed by atoms with E-state index in [1.54, 1.807) is 0 Å². The van der Waals surface area contributed by atoms with Crippen molar-refractivity contribution in [3.8, 4) is 0 Å². The Hall–Kier alpha value is -1.54. The van der Waals surface area contributed by atoms with Crippen LogP contribution in [0.5, 0.6) is 0 Å². The molecule has 130 valence electrons. The summed E-state index contributed by atoms with van der Waals surface area (Å²) >= 11 is 1.47. The van der Waals surface area contributed by atoms with Gasteiger partial charge in [-0.1, -0.05) is 26.7 Å². The monoisotopic (exact) mass is 349 g/mol. The van der Waals surface area contributed by atoms with Crippen LogP contribution in [0.25, 0.3) is 0 Å². The summed E-state index contributed by atoms with van der Waals surface area (Å²) in [6, 6.07) is -0.0804. The van der Waals surface area contributed by atoms with E-state index >= 15 is 0 Å². The van der Waals surface area contributed by atoms with Crippen LogP contribution in [-0.4, -0.2) is 39.3 Å². The van der Waals surface area contributed by atoms with Gasteiger partial charge in [-0.3, -0.25) is 0 Å². The average Bonchev–Trinajstić information content (AvgIpc) is 3.34. The molecule has 24 heavy (non-hydrogen) atoms. The Bertz CT molecular complexity index is 680. The maximum absolute atomic E-state index is 5.86. The number of morpholine rings is 1. The lowest BCUT2D eigenvalue weighted by atomic mass is 10.1.